The first-order valence-electron chi connectivity index (χ1n) is 5.19. The highest BCUT2D eigenvalue weighted by Gasteiger charge is 2.23. The van der Waals surface area contributed by atoms with Crippen molar-refractivity contribution in [3.8, 4) is 11.3 Å². The van der Waals surface area contributed by atoms with Gasteiger partial charge in [-0.25, -0.2) is 4.68 Å². The number of nitrogens with zero attached hydrogens (tertiary/aromatic N) is 2. The first-order valence-corrected chi connectivity index (χ1v) is 6.13. The summed E-state index contributed by atoms with van der Waals surface area (Å²) in [6.07, 6.45) is 2.65. The fourth-order valence-electron chi connectivity index (χ4n) is 1.67. The minimum atomic E-state index is 0.781. The van der Waals surface area contributed by atoms with E-state index in [1.807, 2.05) is 10.7 Å². The first-order chi connectivity index (χ1) is 7.33. The van der Waals surface area contributed by atoms with E-state index < -0.39 is 0 Å². The van der Waals surface area contributed by atoms with Gasteiger partial charge >= 0.3 is 0 Å². The number of anilines is 1. The molecule has 2 aromatic heterocycles. The molecule has 0 bridgehead atoms. The predicted molar refractivity (Wildman–Crippen MR) is 62.7 cm³/mol. The van der Waals surface area contributed by atoms with Gasteiger partial charge < -0.3 is 5.73 Å². The van der Waals surface area contributed by atoms with Crippen LogP contribution in [0, 0.1) is 5.92 Å². The van der Waals surface area contributed by atoms with Gasteiger partial charge in [0.15, 0.2) is 0 Å². The minimum Gasteiger partial charge on any atom is -0.384 e. The molecule has 1 aliphatic carbocycles. The molecule has 0 radical (unpaired) electrons. The van der Waals surface area contributed by atoms with Crippen LogP contribution in [0.25, 0.3) is 11.3 Å². The molecule has 4 heteroatoms. The zero-order valence-corrected chi connectivity index (χ0v) is 9.20. The van der Waals surface area contributed by atoms with Crippen molar-refractivity contribution < 1.29 is 0 Å². The summed E-state index contributed by atoms with van der Waals surface area (Å²) in [6, 6.07) is 4.04. The Balaban J connectivity index is 1.90. The van der Waals surface area contributed by atoms with E-state index >= 15 is 0 Å². The largest absolute Gasteiger partial charge is 0.384 e. The Morgan fingerprint density at radius 3 is 3.07 bits per heavy atom. The van der Waals surface area contributed by atoms with Crippen LogP contribution in [-0.4, -0.2) is 9.78 Å². The second-order valence-electron chi connectivity index (χ2n) is 4.09. The molecule has 0 saturated heterocycles. The third kappa shape index (κ3) is 1.77. The van der Waals surface area contributed by atoms with Crippen molar-refractivity contribution in [2.75, 3.05) is 5.73 Å². The molecule has 15 heavy (non-hydrogen) atoms. The number of nitrogen functional groups attached to an aromatic ring is 1. The molecule has 78 valence electrons. The van der Waals surface area contributed by atoms with Gasteiger partial charge in [0, 0.05) is 23.6 Å². The van der Waals surface area contributed by atoms with Crippen LogP contribution in [0.15, 0.2) is 22.9 Å². The van der Waals surface area contributed by atoms with E-state index in [0.29, 0.717) is 0 Å². The molecule has 0 spiro atoms. The van der Waals surface area contributed by atoms with Crippen LogP contribution in [0.2, 0.25) is 0 Å². The van der Waals surface area contributed by atoms with Crippen molar-refractivity contribution in [1.29, 1.82) is 0 Å². The number of nitrogens with two attached hydrogens (primary N) is 1. The molecular weight excluding hydrogens is 206 g/mol. The Morgan fingerprint density at radius 1 is 1.53 bits per heavy atom. The molecule has 1 aliphatic rings. The average Bonchev–Trinajstić information content (AvgIpc) is 2.76. The van der Waals surface area contributed by atoms with Gasteiger partial charge in [-0.1, -0.05) is 0 Å². The molecule has 1 saturated carbocycles. The van der Waals surface area contributed by atoms with Crippen molar-refractivity contribution in [2.45, 2.75) is 19.4 Å². The number of thiophene rings is 1. The summed E-state index contributed by atoms with van der Waals surface area (Å²) in [5.41, 5.74) is 8.09. The Bertz CT molecular complexity index is 454. The molecule has 3 nitrogen and oxygen atoms in total. The topological polar surface area (TPSA) is 43.8 Å². The number of aromatic nitrogens is 2. The Morgan fingerprint density at radius 2 is 2.40 bits per heavy atom. The molecule has 1 fully saturated rings. The van der Waals surface area contributed by atoms with Crippen molar-refractivity contribution in [3.05, 3.63) is 22.9 Å². The molecule has 0 aromatic carbocycles. The molecule has 2 N–H and O–H groups in total. The van der Waals surface area contributed by atoms with Gasteiger partial charge in [-0.15, -0.1) is 0 Å². The Labute approximate surface area is 92.5 Å². The summed E-state index contributed by atoms with van der Waals surface area (Å²) in [5.74, 6) is 1.59. The quantitative estimate of drug-likeness (QED) is 0.862. The van der Waals surface area contributed by atoms with Gasteiger partial charge in [-0.2, -0.15) is 16.4 Å². The van der Waals surface area contributed by atoms with E-state index in [4.69, 9.17) is 5.73 Å². The van der Waals surface area contributed by atoms with Gasteiger partial charge in [-0.05, 0) is 30.2 Å². The minimum absolute atomic E-state index is 0.781. The van der Waals surface area contributed by atoms with Gasteiger partial charge in [0.1, 0.15) is 5.82 Å². The van der Waals surface area contributed by atoms with E-state index in [2.05, 4.69) is 21.9 Å². The van der Waals surface area contributed by atoms with E-state index in [-0.39, 0.29) is 0 Å². The van der Waals surface area contributed by atoms with Crippen LogP contribution in [0.1, 0.15) is 12.8 Å². The third-order valence-electron chi connectivity index (χ3n) is 2.76. The molecule has 2 aromatic rings. The molecule has 2 heterocycles. The summed E-state index contributed by atoms with van der Waals surface area (Å²) in [6.45, 7) is 0.982. The summed E-state index contributed by atoms with van der Waals surface area (Å²) < 4.78 is 1.94. The smallest absolute Gasteiger partial charge is 0.122 e. The van der Waals surface area contributed by atoms with Gasteiger partial charge in [0.05, 0.1) is 5.69 Å². The summed E-state index contributed by atoms with van der Waals surface area (Å²) >= 11 is 1.69. The summed E-state index contributed by atoms with van der Waals surface area (Å²) in [4.78, 5) is 0. The Hall–Kier alpha value is -1.29. The highest BCUT2D eigenvalue weighted by molar-refractivity contribution is 7.08. The van der Waals surface area contributed by atoms with Crippen LogP contribution < -0.4 is 5.73 Å². The lowest BCUT2D eigenvalue weighted by atomic mass is 10.2. The molecule has 0 unspecified atom stereocenters. The lowest BCUT2D eigenvalue weighted by molar-refractivity contribution is 0.572. The fourth-order valence-corrected chi connectivity index (χ4v) is 2.32. The maximum atomic E-state index is 5.93. The SMILES string of the molecule is Nc1cc(-c2ccsc2)nn1CC1CC1. The lowest BCUT2D eigenvalue weighted by Gasteiger charge is -2.00. The van der Waals surface area contributed by atoms with Crippen molar-refractivity contribution in [1.82, 2.24) is 9.78 Å². The normalized spacial score (nSPS) is 15.7. The van der Waals surface area contributed by atoms with E-state index in [1.165, 1.54) is 18.4 Å². The van der Waals surface area contributed by atoms with Crippen LogP contribution >= 0.6 is 11.3 Å². The van der Waals surface area contributed by atoms with Gasteiger partial charge in [0.2, 0.25) is 0 Å². The third-order valence-corrected chi connectivity index (χ3v) is 3.44. The van der Waals surface area contributed by atoms with E-state index in [9.17, 15) is 0 Å². The average molecular weight is 219 g/mol. The number of hydrogen-bond acceptors (Lipinski definition) is 3. The van der Waals surface area contributed by atoms with Crippen LogP contribution in [0.3, 0.4) is 0 Å². The number of rotatable bonds is 3. The molecule has 0 atom stereocenters. The van der Waals surface area contributed by atoms with Crippen LogP contribution in [-0.2, 0) is 6.54 Å². The zero-order valence-electron chi connectivity index (χ0n) is 8.39. The standard InChI is InChI=1S/C11H13N3S/c12-11-5-10(9-3-4-15-7-9)13-14(11)6-8-1-2-8/h3-5,7-8H,1-2,6,12H2. The zero-order chi connectivity index (χ0) is 10.3. The maximum absolute atomic E-state index is 5.93. The van der Waals surface area contributed by atoms with Crippen LogP contribution in [0.5, 0.6) is 0 Å². The van der Waals surface area contributed by atoms with Crippen molar-refractivity contribution in [3.63, 3.8) is 0 Å². The predicted octanol–water partition coefficient (Wildman–Crippen LogP) is 2.60. The fraction of sp³-hybridized carbons (Fsp3) is 0.364. The maximum Gasteiger partial charge on any atom is 0.122 e. The van der Waals surface area contributed by atoms with Crippen molar-refractivity contribution in [2.24, 2.45) is 5.92 Å². The highest BCUT2D eigenvalue weighted by Crippen LogP contribution is 2.32. The van der Waals surface area contributed by atoms with Gasteiger partial charge in [0.25, 0.3) is 0 Å². The second-order valence-corrected chi connectivity index (χ2v) is 4.87. The number of hydrogen-bond donors (Lipinski definition) is 1. The summed E-state index contributed by atoms with van der Waals surface area (Å²) in [7, 11) is 0. The van der Waals surface area contributed by atoms with E-state index in [0.717, 1.165) is 24.0 Å². The van der Waals surface area contributed by atoms with Crippen LogP contribution in [0.4, 0.5) is 5.82 Å². The van der Waals surface area contributed by atoms with E-state index in [1.54, 1.807) is 11.3 Å². The Kier molecular flexibility index (Phi) is 2.02. The highest BCUT2D eigenvalue weighted by atomic mass is 32.1. The molecule has 0 amide bonds. The molecular formula is C11H13N3S. The monoisotopic (exact) mass is 219 g/mol. The van der Waals surface area contributed by atoms with Crippen molar-refractivity contribution >= 4 is 17.2 Å². The molecule has 3 rings (SSSR count). The first kappa shape index (κ1) is 8.97. The molecule has 0 aliphatic heterocycles. The lowest BCUT2D eigenvalue weighted by Crippen LogP contribution is -2.05. The second kappa shape index (κ2) is 3.38. The summed E-state index contributed by atoms with van der Waals surface area (Å²) in [5, 5.41) is 8.69. The van der Waals surface area contributed by atoms with Gasteiger partial charge in [-0.3, -0.25) is 0 Å².